The van der Waals surface area contributed by atoms with Gasteiger partial charge in [-0.1, -0.05) is 0 Å². The number of aryl methyl sites for hydroxylation is 1. The minimum absolute atomic E-state index is 0.0702. The van der Waals surface area contributed by atoms with Gasteiger partial charge in [0.2, 0.25) is 0 Å². The van der Waals surface area contributed by atoms with E-state index in [1.54, 1.807) is 22.2 Å². The highest BCUT2D eigenvalue weighted by Crippen LogP contribution is 2.16. The zero-order valence-corrected chi connectivity index (χ0v) is 13.8. The van der Waals surface area contributed by atoms with E-state index in [0.29, 0.717) is 25.5 Å². The molecule has 8 heteroatoms. The maximum absolute atomic E-state index is 12.2. The molecule has 1 aliphatic rings. The van der Waals surface area contributed by atoms with Crippen LogP contribution in [-0.2, 0) is 16.1 Å². The minimum Gasteiger partial charge on any atom is -0.379 e. The van der Waals surface area contributed by atoms with Crippen LogP contribution >= 0.6 is 22.7 Å². The van der Waals surface area contributed by atoms with Gasteiger partial charge in [0, 0.05) is 17.4 Å². The number of hydrogen-bond acceptors (Lipinski definition) is 7. The summed E-state index contributed by atoms with van der Waals surface area (Å²) in [6.07, 6.45) is 0.685. The third-order valence-corrected chi connectivity index (χ3v) is 4.80. The number of ether oxygens (including phenoxy) is 2. The van der Waals surface area contributed by atoms with Gasteiger partial charge in [0.25, 0.3) is 5.91 Å². The molecule has 0 aliphatic carbocycles. The molecule has 6 nitrogen and oxygen atoms in total. The van der Waals surface area contributed by atoms with Crippen LogP contribution in [0.5, 0.6) is 0 Å². The summed E-state index contributed by atoms with van der Waals surface area (Å²) in [7, 11) is 0. The molecule has 0 radical (unpaired) electrons. The standard InChI is InChI=1S/C14H17N3O3S2/c1-9-16-12(7-22-9)14(18)17-11-5-19-3-2-13(11)20-4-10-6-21-8-15-10/h6-8,11,13H,2-5H2,1H3,(H,17,18)/t11-,13+/m1/s1. The number of nitrogens with one attached hydrogen (secondary N) is 1. The van der Waals surface area contributed by atoms with E-state index in [4.69, 9.17) is 9.47 Å². The number of hydrogen-bond donors (Lipinski definition) is 1. The van der Waals surface area contributed by atoms with Gasteiger partial charge in [-0.3, -0.25) is 4.79 Å². The van der Waals surface area contributed by atoms with Gasteiger partial charge in [0.1, 0.15) is 5.69 Å². The Balaban J connectivity index is 1.58. The van der Waals surface area contributed by atoms with Crippen LogP contribution in [0.25, 0.3) is 0 Å². The number of amides is 1. The van der Waals surface area contributed by atoms with Crippen LogP contribution in [0.15, 0.2) is 16.3 Å². The Morgan fingerprint density at radius 2 is 2.45 bits per heavy atom. The monoisotopic (exact) mass is 339 g/mol. The zero-order chi connectivity index (χ0) is 15.4. The van der Waals surface area contributed by atoms with Crippen molar-refractivity contribution in [2.24, 2.45) is 0 Å². The second-order valence-electron chi connectivity index (χ2n) is 5.02. The quantitative estimate of drug-likeness (QED) is 0.902. The Morgan fingerprint density at radius 1 is 1.55 bits per heavy atom. The lowest BCUT2D eigenvalue weighted by Crippen LogP contribution is -2.50. The third kappa shape index (κ3) is 3.89. The molecular formula is C14H17N3O3S2. The lowest BCUT2D eigenvalue weighted by molar-refractivity contribution is -0.0612. The summed E-state index contributed by atoms with van der Waals surface area (Å²) in [5.74, 6) is -0.179. The van der Waals surface area contributed by atoms with E-state index in [2.05, 4.69) is 15.3 Å². The van der Waals surface area contributed by atoms with E-state index in [-0.39, 0.29) is 18.1 Å². The van der Waals surface area contributed by atoms with Crippen molar-refractivity contribution in [1.82, 2.24) is 15.3 Å². The van der Waals surface area contributed by atoms with E-state index < -0.39 is 0 Å². The smallest absolute Gasteiger partial charge is 0.271 e. The van der Waals surface area contributed by atoms with Gasteiger partial charge >= 0.3 is 0 Å². The summed E-state index contributed by atoms with van der Waals surface area (Å²) in [6.45, 7) is 3.43. The molecule has 3 heterocycles. The number of carbonyl (C=O) groups is 1. The molecule has 2 atom stereocenters. The largest absolute Gasteiger partial charge is 0.379 e. The van der Waals surface area contributed by atoms with E-state index in [1.165, 1.54) is 11.3 Å². The highest BCUT2D eigenvalue weighted by molar-refractivity contribution is 7.09. The van der Waals surface area contributed by atoms with Crippen molar-refractivity contribution in [2.45, 2.75) is 32.1 Å². The van der Waals surface area contributed by atoms with Crippen molar-refractivity contribution in [3.05, 3.63) is 32.7 Å². The molecule has 0 unspecified atom stereocenters. The highest BCUT2D eigenvalue weighted by atomic mass is 32.1. The van der Waals surface area contributed by atoms with Gasteiger partial charge in [-0.05, 0) is 13.3 Å². The van der Waals surface area contributed by atoms with Gasteiger partial charge in [0.15, 0.2) is 0 Å². The molecule has 1 amide bonds. The first-order valence-corrected chi connectivity index (χ1v) is 8.84. The van der Waals surface area contributed by atoms with Crippen molar-refractivity contribution in [1.29, 1.82) is 0 Å². The van der Waals surface area contributed by atoms with Crippen LogP contribution in [-0.4, -0.2) is 41.2 Å². The Morgan fingerprint density at radius 3 is 3.18 bits per heavy atom. The molecule has 118 valence electrons. The summed E-state index contributed by atoms with van der Waals surface area (Å²) in [4.78, 5) is 20.6. The maximum Gasteiger partial charge on any atom is 0.271 e. The van der Waals surface area contributed by atoms with Crippen LogP contribution in [0, 0.1) is 6.92 Å². The van der Waals surface area contributed by atoms with Gasteiger partial charge in [0.05, 0.1) is 41.6 Å². The first-order valence-electron chi connectivity index (χ1n) is 7.02. The molecule has 1 saturated heterocycles. The van der Waals surface area contributed by atoms with E-state index >= 15 is 0 Å². The molecular weight excluding hydrogens is 322 g/mol. The number of thiazole rings is 2. The molecule has 1 N–H and O–H groups in total. The second-order valence-corrected chi connectivity index (χ2v) is 6.81. The number of nitrogens with zero attached hydrogens (tertiary/aromatic N) is 2. The summed E-state index contributed by atoms with van der Waals surface area (Å²) in [5, 5.41) is 7.57. The molecule has 2 aromatic heterocycles. The molecule has 0 bridgehead atoms. The van der Waals surface area contributed by atoms with Crippen molar-refractivity contribution in [2.75, 3.05) is 13.2 Å². The Labute approximate surface area is 136 Å². The lowest BCUT2D eigenvalue weighted by atomic mass is 10.1. The summed E-state index contributed by atoms with van der Waals surface area (Å²) in [5.41, 5.74) is 3.15. The number of aromatic nitrogens is 2. The van der Waals surface area contributed by atoms with E-state index in [0.717, 1.165) is 17.1 Å². The normalized spacial score (nSPS) is 21.7. The van der Waals surface area contributed by atoms with Gasteiger partial charge < -0.3 is 14.8 Å². The summed E-state index contributed by atoms with van der Waals surface area (Å²) < 4.78 is 11.4. The maximum atomic E-state index is 12.2. The van der Waals surface area contributed by atoms with Gasteiger partial charge in [-0.2, -0.15) is 0 Å². The van der Waals surface area contributed by atoms with Crippen LogP contribution < -0.4 is 5.32 Å². The highest BCUT2D eigenvalue weighted by Gasteiger charge is 2.29. The fourth-order valence-corrected chi connectivity index (χ4v) is 3.40. The van der Waals surface area contributed by atoms with E-state index in [9.17, 15) is 4.79 Å². The third-order valence-electron chi connectivity index (χ3n) is 3.39. The van der Waals surface area contributed by atoms with Crippen LogP contribution in [0.2, 0.25) is 0 Å². The van der Waals surface area contributed by atoms with Gasteiger partial charge in [-0.15, -0.1) is 22.7 Å². The zero-order valence-electron chi connectivity index (χ0n) is 12.2. The SMILES string of the molecule is Cc1nc(C(=O)N[C@@H]2COCC[C@@H]2OCc2cscn2)cs1. The van der Waals surface area contributed by atoms with Crippen molar-refractivity contribution in [3.8, 4) is 0 Å². The average molecular weight is 339 g/mol. The second kappa shape index (κ2) is 7.28. The molecule has 3 rings (SSSR count). The van der Waals surface area contributed by atoms with Crippen molar-refractivity contribution in [3.63, 3.8) is 0 Å². The fourth-order valence-electron chi connectivity index (χ4n) is 2.26. The Hall–Kier alpha value is -1.35. The predicted octanol–water partition coefficient (Wildman–Crippen LogP) is 2.01. The Kier molecular flexibility index (Phi) is 5.14. The first-order chi connectivity index (χ1) is 10.7. The van der Waals surface area contributed by atoms with E-state index in [1.807, 2.05) is 12.3 Å². The summed E-state index contributed by atoms with van der Waals surface area (Å²) >= 11 is 3.01. The van der Waals surface area contributed by atoms with Crippen molar-refractivity contribution < 1.29 is 14.3 Å². The molecule has 2 aromatic rings. The van der Waals surface area contributed by atoms with Crippen LogP contribution in [0.4, 0.5) is 0 Å². The molecule has 0 aromatic carbocycles. The minimum atomic E-state index is -0.179. The molecule has 0 saturated carbocycles. The molecule has 1 aliphatic heterocycles. The lowest BCUT2D eigenvalue weighted by Gasteiger charge is -2.31. The summed E-state index contributed by atoms with van der Waals surface area (Å²) in [6, 6.07) is -0.165. The fraction of sp³-hybridized carbons (Fsp3) is 0.500. The topological polar surface area (TPSA) is 73.3 Å². The first kappa shape index (κ1) is 15.5. The molecule has 1 fully saturated rings. The Bertz CT molecular complexity index is 615. The molecule has 22 heavy (non-hydrogen) atoms. The van der Waals surface area contributed by atoms with Gasteiger partial charge in [-0.25, -0.2) is 9.97 Å². The molecule has 0 spiro atoms. The van der Waals surface area contributed by atoms with Crippen LogP contribution in [0.3, 0.4) is 0 Å². The predicted molar refractivity (Wildman–Crippen MR) is 84.2 cm³/mol. The average Bonchev–Trinajstić information content (AvgIpc) is 3.17. The van der Waals surface area contributed by atoms with Crippen LogP contribution in [0.1, 0.15) is 27.6 Å². The number of rotatable bonds is 5. The number of carbonyl (C=O) groups excluding carboxylic acids is 1. The van der Waals surface area contributed by atoms with Crippen molar-refractivity contribution >= 4 is 28.6 Å².